The Balaban J connectivity index is 1.96. The minimum absolute atomic E-state index is 0.138. The van der Waals surface area contributed by atoms with Crippen LogP contribution in [0.2, 0.25) is 0 Å². The van der Waals surface area contributed by atoms with E-state index in [0.29, 0.717) is 34.9 Å². The molecule has 26 heavy (non-hydrogen) atoms. The number of hydrazine groups is 1. The van der Waals surface area contributed by atoms with E-state index in [1.165, 1.54) is 27.5 Å². The normalized spacial score (nSPS) is 16.2. The minimum Gasteiger partial charge on any atom is -0.496 e. The average molecular weight is 362 g/mol. The molecular formula is C17H22N4O5. The van der Waals surface area contributed by atoms with Crippen molar-refractivity contribution in [2.24, 2.45) is 11.0 Å². The van der Waals surface area contributed by atoms with Crippen LogP contribution in [-0.4, -0.2) is 39.4 Å². The van der Waals surface area contributed by atoms with Crippen LogP contribution in [0.25, 0.3) is 0 Å². The first kappa shape index (κ1) is 19.1. The van der Waals surface area contributed by atoms with Crippen molar-refractivity contribution >= 4 is 18.0 Å². The summed E-state index contributed by atoms with van der Waals surface area (Å²) in [6.45, 7) is 3.72. The van der Waals surface area contributed by atoms with Crippen LogP contribution < -0.4 is 30.5 Å². The summed E-state index contributed by atoms with van der Waals surface area (Å²) in [5, 5.41) is 3.92. The van der Waals surface area contributed by atoms with Crippen molar-refractivity contribution < 1.29 is 23.8 Å². The molecule has 1 fully saturated rings. The zero-order valence-electron chi connectivity index (χ0n) is 14.9. The Morgan fingerprint density at radius 3 is 2.42 bits per heavy atom. The Morgan fingerprint density at radius 2 is 1.85 bits per heavy atom. The number of carbonyl (C=O) groups is 2. The second kappa shape index (κ2) is 8.75. The van der Waals surface area contributed by atoms with Crippen LogP contribution in [0, 0.1) is 5.92 Å². The number of nitrogens with one attached hydrogen (secondary N) is 3. The standard InChI is InChI=1S/C17H22N4O5/c1-10-12(17(23)21-19-10)5-6-16(22)20-18-9-11-7-14(25-3)15(26-4)8-13(11)24-2/h7-9,12,19H,1,5-6H2,2-4H3,(H,20,22)(H,21,23). The summed E-state index contributed by atoms with van der Waals surface area (Å²) in [5.74, 6) is 0.629. The van der Waals surface area contributed by atoms with Gasteiger partial charge in [-0.25, -0.2) is 5.43 Å². The predicted molar refractivity (Wildman–Crippen MR) is 95.0 cm³/mol. The molecule has 0 bridgehead atoms. The number of hydrogen-bond acceptors (Lipinski definition) is 7. The molecule has 2 amide bonds. The highest BCUT2D eigenvalue weighted by atomic mass is 16.5. The van der Waals surface area contributed by atoms with Gasteiger partial charge in [0.25, 0.3) is 0 Å². The first-order valence-electron chi connectivity index (χ1n) is 7.86. The van der Waals surface area contributed by atoms with E-state index in [0.717, 1.165) is 0 Å². The van der Waals surface area contributed by atoms with Gasteiger partial charge in [-0.05, 0) is 12.5 Å². The molecule has 140 valence electrons. The lowest BCUT2D eigenvalue weighted by Crippen LogP contribution is -2.26. The number of benzene rings is 1. The lowest BCUT2D eigenvalue weighted by Gasteiger charge is -2.11. The van der Waals surface area contributed by atoms with E-state index < -0.39 is 5.92 Å². The van der Waals surface area contributed by atoms with Gasteiger partial charge in [-0.1, -0.05) is 6.58 Å². The molecule has 0 spiro atoms. The van der Waals surface area contributed by atoms with E-state index in [2.05, 4.69) is 28.0 Å². The third-order valence-corrected chi connectivity index (χ3v) is 3.87. The monoisotopic (exact) mass is 362 g/mol. The van der Waals surface area contributed by atoms with Gasteiger partial charge in [-0.3, -0.25) is 15.0 Å². The third-order valence-electron chi connectivity index (χ3n) is 3.87. The molecule has 0 aromatic heterocycles. The van der Waals surface area contributed by atoms with Crippen molar-refractivity contribution in [3.8, 4) is 17.2 Å². The Hall–Kier alpha value is -3.23. The fraction of sp³-hybridized carbons (Fsp3) is 0.353. The molecule has 3 N–H and O–H groups in total. The Morgan fingerprint density at radius 1 is 1.19 bits per heavy atom. The van der Waals surface area contributed by atoms with E-state index >= 15 is 0 Å². The van der Waals surface area contributed by atoms with Crippen molar-refractivity contribution in [3.63, 3.8) is 0 Å². The Kier molecular flexibility index (Phi) is 6.42. The molecule has 9 nitrogen and oxygen atoms in total. The molecule has 1 aromatic rings. The van der Waals surface area contributed by atoms with Crippen LogP contribution in [0.1, 0.15) is 18.4 Å². The van der Waals surface area contributed by atoms with Crippen LogP contribution in [0.3, 0.4) is 0 Å². The number of hydrogen-bond donors (Lipinski definition) is 3. The molecule has 0 aliphatic carbocycles. The van der Waals surface area contributed by atoms with Gasteiger partial charge in [0, 0.05) is 23.7 Å². The molecule has 1 aliphatic heterocycles. The molecular weight excluding hydrogens is 340 g/mol. The van der Waals surface area contributed by atoms with E-state index in [9.17, 15) is 9.59 Å². The molecule has 9 heteroatoms. The second-order valence-electron chi connectivity index (χ2n) is 5.47. The zero-order valence-corrected chi connectivity index (χ0v) is 14.9. The number of amides is 2. The van der Waals surface area contributed by atoms with Gasteiger partial charge in [0.05, 0.1) is 33.5 Å². The summed E-state index contributed by atoms with van der Waals surface area (Å²) in [6.07, 6.45) is 1.93. The maximum absolute atomic E-state index is 11.9. The lowest BCUT2D eigenvalue weighted by molar-refractivity contribution is -0.123. The van der Waals surface area contributed by atoms with Crippen molar-refractivity contribution in [1.29, 1.82) is 0 Å². The van der Waals surface area contributed by atoms with Crippen molar-refractivity contribution in [1.82, 2.24) is 16.3 Å². The van der Waals surface area contributed by atoms with Gasteiger partial charge in [0.15, 0.2) is 11.5 Å². The maximum Gasteiger partial charge on any atom is 0.247 e. The van der Waals surface area contributed by atoms with Gasteiger partial charge in [0.1, 0.15) is 5.75 Å². The summed E-state index contributed by atoms with van der Waals surface area (Å²) in [6, 6.07) is 3.35. The molecule has 1 aliphatic rings. The first-order valence-corrected chi connectivity index (χ1v) is 7.86. The van der Waals surface area contributed by atoms with Gasteiger partial charge in [0.2, 0.25) is 11.8 Å². The topological polar surface area (TPSA) is 110 Å². The summed E-state index contributed by atoms with van der Waals surface area (Å²) in [7, 11) is 4.57. The highest BCUT2D eigenvalue weighted by Crippen LogP contribution is 2.33. The molecule has 1 unspecified atom stereocenters. The van der Waals surface area contributed by atoms with Crippen LogP contribution in [0.4, 0.5) is 0 Å². The van der Waals surface area contributed by atoms with Gasteiger partial charge in [-0.2, -0.15) is 5.10 Å². The zero-order chi connectivity index (χ0) is 19.1. The number of rotatable bonds is 8. The summed E-state index contributed by atoms with van der Waals surface area (Å²) >= 11 is 0. The van der Waals surface area contributed by atoms with Crippen LogP contribution in [-0.2, 0) is 9.59 Å². The molecule has 2 rings (SSSR count). The van der Waals surface area contributed by atoms with Crippen molar-refractivity contribution in [3.05, 3.63) is 30.0 Å². The first-order chi connectivity index (χ1) is 12.5. The van der Waals surface area contributed by atoms with Crippen LogP contribution in [0.5, 0.6) is 17.2 Å². The van der Waals surface area contributed by atoms with E-state index in [-0.39, 0.29) is 18.2 Å². The smallest absolute Gasteiger partial charge is 0.247 e. The van der Waals surface area contributed by atoms with Crippen LogP contribution in [0.15, 0.2) is 29.5 Å². The second-order valence-corrected chi connectivity index (χ2v) is 5.47. The van der Waals surface area contributed by atoms with E-state index in [1.807, 2.05) is 0 Å². The van der Waals surface area contributed by atoms with Gasteiger partial charge >= 0.3 is 0 Å². The maximum atomic E-state index is 11.9. The molecule has 1 saturated heterocycles. The number of ether oxygens (including phenoxy) is 3. The Bertz CT molecular complexity index is 716. The third kappa shape index (κ3) is 4.44. The van der Waals surface area contributed by atoms with E-state index in [4.69, 9.17) is 14.2 Å². The summed E-state index contributed by atoms with van der Waals surface area (Å²) in [4.78, 5) is 23.4. The van der Waals surface area contributed by atoms with Gasteiger partial charge < -0.3 is 19.6 Å². The average Bonchev–Trinajstić information content (AvgIpc) is 2.97. The molecule has 1 aromatic carbocycles. The van der Waals surface area contributed by atoms with Crippen molar-refractivity contribution in [2.75, 3.05) is 21.3 Å². The predicted octanol–water partition coefficient (Wildman–Crippen LogP) is 0.707. The summed E-state index contributed by atoms with van der Waals surface area (Å²) in [5.41, 5.74) is 8.69. The van der Waals surface area contributed by atoms with Gasteiger partial charge in [-0.15, -0.1) is 0 Å². The van der Waals surface area contributed by atoms with E-state index in [1.54, 1.807) is 12.1 Å². The minimum atomic E-state index is -0.421. The fourth-order valence-electron chi connectivity index (χ4n) is 2.44. The lowest BCUT2D eigenvalue weighted by atomic mass is 10.0. The van der Waals surface area contributed by atoms with Crippen molar-refractivity contribution in [2.45, 2.75) is 12.8 Å². The molecule has 1 atom stereocenters. The van der Waals surface area contributed by atoms with Crippen LogP contribution >= 0.6 is 0 Å². The largest absolute Gasteiger partial charge is 0.496 e. The quantitative estimate of drug-likeness (QED) is 0.464. The number of nitrogens with zero attached hydrogens (tertiary/aromatic N) is 1. The number of methoxy groups -OCH3 is 3. The number of hydrazone groups is 1. The number of carbonyl (C=O) groups excluding carboxylic acids is 2. The Labute approximate surface area is 151 Å². The molecule has 0 radical (unpaired) electrons. The summed E-state index contributed by atoms with van der Waals surface area (Å²) < 4.78 is 15.7. The fourth-order valence-corrected chi connectivity index (χ4v) is 2.44. The highest BCUT2D eigenvalue weighted by Gasteiger charge is 2.28. The highest BCUT2D eigenvalue weighted by molar-refractivity contribution is 5.87. The molecule has 1 heterocycles. The SMILES string of the molecule is C=C1NNC(=O)C1CCC(=O)NN=Cc1cc(OC)c(OC)cc1OC. The molecule has 0 saturated carbocycles.